The van der Waals surface area contributed by atoms with Gasteiger partial charge < -0.3 is 4.98 Å². The summed E-state index contributed by atoms with van der Waals surface area (Å²) in [5.41, 5.74) is 1.97. The van der Waals surface area contributed by atoms with Gasteiger partial charge in [0.25, 0.3) is 0 Å². The number of benzene rings is 1. The first-order valence-corrected chi connectivity index (χ1v) is 8.26. The van der Waals surface area contributed by atoms with E-state index in [2.05, 4.69) is 41.8 Å². The number of halogens is 2. The molecule has 1 unspecified atom stereocenters. The Morgan fingerprint density at radius 3 is 2.75 bits per heavy atom. The fraction of sp³-hybridized carbons (Fsp3) is 0.286. The first kappa shape index (κ1) is 13.8. The molecule has 4 nitrogen and oxygen atoms in total. The van der Waals surface area contributed by atoms with Crippen LogP contribution in [0, 0.1) is 5.92 Å². The minimum atomic E-state index is 0.131. The zero-order valence-corrected chi connectivity index (χ0v) is 13.8. The molecule has 0 spiro atoms. The summed E-state index contributed by atoms with van der Waals surface area (Å²) >= 11 is 6.85. The Hall–Kier alpha value is -1.14. The molecule has 0 saturated carbocycles. The van der Waals surface area contributed by atoms with E-state index >= 15 is 0 Å². The van der Waals surface area contributed by atoms with Gasteiger partial charge in [-0.15, -0.1) is 0 Å². The summed E-state index contributed by atoms with van der Waals surface area (Å²) in [6.07, 6.45) is 2.35. The maximum Gasteiger partial charge on any atom is 0.229 e. The van der Waals surface area contributed by atoms with Crippen LogP contribution in [0.3, 0.4) is 0 Å². The number of carbonyl (C=O) groups is 1. The van der Waals surface area contributed by atoms with Gasteiger partial charge in [0.15, 0.2) is 0 Å². The summed E-state index contributed by atoms with van der Waals surface area (Å²) in [6, 6.07) is 7.98. The second kappa shape index (κ2) is 5.69. The molecule has 1 aliphatic heterocycles. The van der Waals surface area contributed by atoms with Crippen LogP contribution in [0.2, 0.25) is 0 Å². The molecule has 1 atom stereocenters. The van der Waals surface area contributed by atoms with Crippen LogP contribution >= 0.6 is 31.9 Å². The lowest BCUT2D eigenvalue weighted by molar-refractivity contribution is -0.117. The molecule has 0 radical (unpaired) electrons. The van der Waals surface area contributed by atoms with E-state index in [0.717, 1.165) is 27.6 Å². The molecule has 3 rings (SSSR count). The monoisotopic (exact) mass is 397 g/mol. The van der Waals surface area contributed by atoms with E-state index in [-0.39, 0.29) is 5.91 Å². The summed E-state index contributed by atoms with van der Waals surface area (Å²) in [4.78, 5) is 21.3. The second-order valence-electron chi connectivity index (χ2n) is 4.86. The van der Waals surface area contributed by atoms with Crippen molar-refractivity contribution >= 4 is 43.7 Å². The van der Waals surface area contributed by atoms with E-state index in [4.69, 9.17) is 0 Å². The lowest BCUT2D eigenvalue weighted by Gasteiger charge is -2.12. The number of rotatable bonds is 3. The molecule has 1 N–H and O–H groups in total. The number of hydrogen-bond acceptors (Lipinski definition) is 2. The molecule has 1 aliphatic rings. The molecule has 1 amide bonds. The lowest BCUT2D eigenvalue weighted by Crippen LogP contribution is -2.25. The zero-order valence-electron chi connectivity index (χ0n) is 10.6. The highest BCUT2D eigenvalue weighted by Crippen LogP contribution is 2.27. The highest BCUT2D eigenvalue weighted by Gasteiger charge is 2.31. The van der Waals surface area contributed by atoms with Gasteiger partial charge >= 0.3 is 0 Å². The van der Waals surface area contributed by atoms with Crippen molar-refractivity contribution in [3.8, 4) is 11.3 Å². The average Bonchev–Trinajstić information content (AvgIpc) is 3.06. The Morgan fingerprint density at radius 2 is 2.10 bits per heavy atom. The Kier molecular flexibility index (Phi) is 3.94. The summed E-state index contributed by atoms with van der Waals surface area (Å²) in [6.45, 7) is 0.720. The van der Waals surface area contributed by atoms with Crippen molar-refractivity contribution in [1.82, 2.24) is 9.97 Å². The maximum atomic E-state index is 12.0. The van der Waals surface area contributed by atoms with E-state index in [1.807, 2.05) is 24.3 Å². The SMILES string of the molecule is O=C1CC(CBr)CN1c1ncc(-c2ccc(Br)cc2)[nH]1. The van der Waals surface area contributed by atoms with Crippen LogP contribution in [0.25, 0.3) is 11.3 Å². The van der Waals surface area contributed by atoms with Gasteiger partial charge in [-0.3, -0.25) is 9.69 Å². The molecule has 20 heavy (non-hydrogen) atoms. The first-order valence-electron chi connectivity index (χ1n) is 6.34. The number of carbonyl (C=O) groups excluding carboxylic acids is 1. The lowest BCUT2D eigenvalue weighted by atomic mass is 10.2. The number of aromatic amines is 1. The van der Waals surface area contributed by atoms with Crippen molar-refractivity contribution in [2.24, 2.45) is 5.92 Å². The molecule has 1 aromatic carbocycles. The molecule has 0 aliphatic carbocycles. The predicted molar refractivity (Wildman–Crippen MR) is 86.0 cm³/mol. The third-order valence-corrected chi connectivity index (χ3v) is 4.84. The van der Waals surface area contributed by atoms with Gasteiger partial charge in [-0.25, -0.2) is 4.98 Å². The molecule has 1 aromatic heterocycles. The molecule has 2 aromatic rings. The number of H-pyrrole nitrogens is 1. The van der Waals surface area contributed by atoms with Gasteiger partial charge in [-0.05, 0) is 23.6 Å². The number of aromatic nitrogens is 2. The average molecular weight is 399 g/mol. The minimum absolute atomic E-state index is 0.131. The molecular formula is C14H13Br2N3O. The highest BCUT2D eigenvalue weighted by atomic mass is 79.9. The van der Waals surface area contributed by atoms with E-state index in [1.54, 1.807) is 11.1 Å². The van der Waals surface area contributed by atoms with E-state index < -0.39 is 0 Å². The number of nitrogens with zero attached hydrogens (tertiary/aromatic N) is 2. The molecule has 104 valence electrons. The Bertz CT molecular complexity index is 624. The molecule has 6 heteroatoms. The zero-order chi connectivity index (χ0) is 14.1. The third-order valence-electron chi connectivity index (χ3n) is 3.40. The van der Waals surface area contributed by atoms with Crippen molar-refractivity contribution in [3.63, 3.8) is 0 Å². The normalized spacial score (nSPS) is 18.8. The standard InChI is InChI=1S/C14H13Br2N3O/c15-6-9-5-13(20)19(8-9)14-17-7-12(18-14)10-1-3-11(16)4-2-10/h1-4,7,9H,5-6,8H2,(H,17,18). The number of imidazole rings is 1. The molecule has 1 fully saturated rings. The quantitative estimate of drug-likeness (QED) is 0.803. The molecule has 1 saturated heterocycles. The Balaban J connectivity index is 1.83. The summed E-state index contributed by atoms with van der Waals surface area (Å²) in [7, 11) is 0. The van der Waals surface area contributed by atoms with Crippen molar-refractivity contribution in [2.45, 2.75) is 6.42 Å². The van der Waals surface area contributed by atoms with E-state index in [1.165, 1.54) is 0 Å². The molecular weight excluding hydrogens is 386 g/mol. The topological polar surface area (TPSA) is 49.0 Å². The van der Waals surface area contributed by atoms with Gasteiger partial charge in [0.1, 0.15) is 0 Å². The number of anilines is 1. The van der Waals surface area contributed by atoms with Gasteiger partial charge in [0.05, 0.1) is 11.9 Å². The number of nitrogens with one attached hydrogen (secondary N) is 1. The van der Waals surface area contributed by atoms with Crippen LogP contribution in [0.4, 0.5) is 5.95 Å². The van der Waals surface area contributed by atoms with Gasteiger partial charge in [-0.1, -0.05) is 44.0 Å². The van der Waals surface area contributed by atoms with Crippen LogP contribution in [-0.4, -0.2) is 27.7 Å². The number of alkyl halides is 1. The van der Waals surface area contributed by atoms with Crippen LogP contribution < -0.4 is 4.90 Å². The van der Waals surface area contributed by atoms with E-state index in [9.17, 15) is 4.79 Å². The van der Waals surface area contributed by atoms with Crippen molar-refractivity contribution in [1.29, 1.82) is 0 Å². The van der Waals surface area contributed by atoms with Crippen LogP contribution in [0.5, 0.6) is 0 Å². The van der Waals surface area contributed by atoms with Gasteiger partial charge in [0.2, 0.25) is 11.9 Å². The Labute approximate surface area is 133 Å². The van der Waals surface area contributed by atoms with Crippen molar-refractivity contribution < 1.29 is 4.79 Å². The maximum absolute atomic E-state index is 12.0. The Morgan fingerprint density at radius 1 is 1.35 bits per heavy atom. The predicted octanol–water partition coefficient (Wildman–Crippen LogP) is 3.59. The minimum Gasteiger partial charge on any atom is -0.324 e. The second-order valence-corrected chi connectivity index (χ2v) is 6.42. The number of hydrogen-bond donors (Lipinski definition) is 1. The van der Waals surface area contributed by atoms with Crippen molar-refractivity contribution in [2.75, 3.05) is 16.8 Å². The van der Waals surface area contributed by atoms with Crippen LogP contribution in [0.15, 0.2) is 34.9 Å². The van der Waals surface area contributed by atoms with Crippen molar-refractivity contribution in [3.05, 3.63) is 34.9 Å². The van der Waals surface area contributed by atoms with E-state index in [0.29, 0.717) is 18.3 Å². The number of amides is 1. The largest absolute Gasteiger partial charge is 0.324 e. The molecule has 2 heterocycles. The summed E-state index contributed by atoms with van der Waals surface area (Å²) in [5.74, 6) is 1.13. The van der Waals surface area contributed by atoms with Gasteiger partial charge in [0, 0.05) is 22.8 Å². The van der Waals surface area contributed by atoms with Gasteiger partial charge in [-0.2, -0.15) is 0 Å². The third kappa shape index (κ3) is 2.67. The molecule has 0 bridgehead atoms. The fourth-order valence-electron chi connectivity index (χ4n) is 2.31. The van der Waals surface area contributed by atoms with Crippen LogP contribution in [-0.2, 0) is 4.79 Å². The summed E-state index contributed by atoms with van der Waals surface area (Å²) in [5, 5.41) is 0.843. The highest BCUT2D eigenvalue weighted by molar-refractivity contribution is 9.10. The smallest absolute Gasteiger partial charge is 0.229 e. The first-order chi connectivity index (χ1) is 9.67. The van der Waals surface area contributed by atoms with Crippen LogP contribution in [0.1, 0.15) is 6.42 Å². The fourth-order valence-corrected chi connectivity index (χ4v) is 3.01. The summed E-state index contributed by atoms with van der Waals surface area (Å²) < 4.78 is 1.04.